The Kier molecular flexibility index (Phi) is 1.84. The van der Waals surface area contributed by atoms with Crippen LogP contribution in [-0.2, 0) is 0 Å². The van der Waals surface area contributed by atoms with Gasteiger partial charge < -0.3 is 0 Å². The molecule has 2 aliphatic heterocycles. The second-order valence-corrected chi connectivity index (χ2v) is 3.98. The summed E-state index contributed by atoms with van der Waals surface area (Å²) in [5, 5.41) is 0. The fourth-order valence-electron chi connectivity index (χ4n) is 2.43. The molecule has 0 N–H and O–H groups in total. The molecule has 2 aliphatic rings. The van der Waals surface area contributed by atoms with Gasteiger partial charge in [-0.1, -0.05) is 0 Å². The van der Waals surface area contributed by atoms with E-state index in [1.165, 1.54) is 6.42 Å². The fourth-order valence-corrected chi connectivity index (χ4v) is 2.84. The van der Waals surface area contributed by atoms with E-state index in [2.05, 4.69) is 4.90 Å². The Labute approximate surface area is 71.5 Å². The zero-order chi connectivity index (χ0) is 7.90. The summed E-state index contributed by atoms with van der Waals surface area (Å²) < 4.78 is 13.0. The first-order valence-corrected chi connectivity index (χ1v) is 4.75. The second kappa shape index (κ2) is 2.60. The molecule has 0 aromatic carbocycles. The van der Waals surface area contributed by atoms with Crippen molar-refractivity contribution in [2.45, 2.75) is 31.0 Å². The predicted octanol–water partition coefficient (Wildman–Crippen LogP) is 1.80. The molecule has 0 aromatic rings. The van der Waals surface area contributed by atoms with Crippen molar-refractivity contribution in [1.82, 2.24) is 4.90 Å². The van der Waals surface area contributed by atoms with Crippen LogP contribution in [0.25, 0.3) is 0 Å². The maximum atomic E-state index is 13.0. The average Bonchev–Trinajstić information content (AvgIpc) is 2.43. The van der Waals surface area contributed by atoms with Crippen LogP contribution in [0.4, 0.5) is 4.39 Å². The summed E-state index contributed by atoms with van der Waals surface area (Å²) in [5.41, 5.74) is 0.0426. The van der Waals surface area contributed by atoms with E-state index in [-0.39, 0.29) is 5.54 Å². The van der Waals surface area contributed by atoms with Gasteiger partial charge in [0.25, 0.3) is 0 Å². The summed E-state index contributed by atoms with van der Waals surface area (Å²) in [5.74, 6) is 0.605. The van der Waals surface area contributed by atoms with Gasteiger partial charge in [-0.25, -0.2) is 4.39 Å². The van der Waals surface area contributed by atoms with Gasteiger partial charge in [-0.05, 0) is 25.8 Å². The molecule has 2 atom stereocenters. The molecule has 3 heteroatoms. The summed E-state index contributed by atoms with van der Waals surface area (Å²) in [7, 11) is 0. The molecule has 0 bridgehead atoms. The topological polar surface area (TPSA) is 3.24 Å². The Morgan fingerprint density at radius 2 is 2.45 bits per heavy atom. The SMILES string of the molecule is F[C@H]1CN2CCCC2(CCl)C1. The van der Waals surface area contributed by atoms with Crippen LogP contribution in [0.1, 0.15) is 19.3 Å². The van der Waals surface area contributed by atoms with Crippen LogP contribution in [0.2, 0.25) is 0 Å². The molecule has 0 amide bonds. The molecule has 1 unspecified atom stereocenters. The van der Waals surface area contributed by atoms with E-state index in [1.807, 2.05) is 0 Å². The predicted molar refractivity (Wildman–Crippen MR) is 43.8 cm³/mol. The lowest BCUT2D eigenvalue weighted by Crippen LogP contribution is -2.39. The van der Waals surface area contributed by atoms with Gasteiger partial charge in [-0.2, -0.15) is 0 Å². The molecular weight excluding hydrogens is 165 g/mol. The summed E-state index contributed by atoms with van der Waals surface area (Å²) in [6, 6.07) is 0. The highest BCUT2D eigenvalue weighted by molar-refractivity contribution is 6.18. The van der Waals surface area contributed by atoms with Gasteiger partial charge in [0.15, 0.2) is 0 Å². The van der Waals surface area contributed by atoms with E-state index in [1.54, 1.807) is 0 Å². The van der Waals surface area contributed by atoms with Crippen LogP contribution in [0.15, 0.2) is 0 Å². The number of rotatable bonds is 1. The van der Waals surface area contributed by atoms with Gasteiger partial charge in [0, 0.05) is 18.0 Å². The first kappa shape index (κ1) is 7.81. The Balaban J connectivity index is 2.15. The number of alkyl halides is 2. The minimum Gasteiger partial charge on any atom is -0.293 e. The summed E-state index contributed by atoms with van der Waals surface area (Å²) in [4.78, 5) is 2.23. The molecular formula is C8H13ClFN. The summed E-state index contributed by atoms with van der Waals surface area (Å²) in [6.45, 7) is 1.67. The van der Waals surface area contributed by atoms with Crippen LogP contribution in [0.5, 0.6) is 0 Å². The maximum absolute atomic E-state index is 13.0. The zero-order valence-electron chi connectivity index (χ0n) is 6.52. The van der Waals surface area contributed by atoms with Gasteiger partial charge >= 0.3 is 0 Å². The monoisotopic (exact) mass is 177 g/mol. The third kappa shape index (κ3) is 1.07. The first-order chi connectivity index (χ1) is 5.27. The number of hydrogen-bond donors (Lipinski definition) is 0. The van der Waals surface area contributed by atoms with Crippen molar-refractivity contribution in [3.63, 3.8) is 0 Å². The standard InChI is InChI=1S/C8H13ClFN/c9-6-8-2-1-3-11(8)5-7(10)4-8/h7H,1-6H2/t7-,8?/m1/s1. The van der Waals surface area contributed by atoms with Crippen molar-refractivity contribution in [3.05, 3.63) is 0 Å². The van der Waals surface area contributed by atoms with Crippen LogP contribution >= 0.6 is 11.6 Å². The summed E-state index contributed by atoms with van der Waals surface area (Å²) >= 11 is 5.86. The number of nitrogens with zero attached hydrogens (tertiary/aromatic N) is 1. The molecule has 11 heavy (non-hydrogen) atoms. The third-order valence-corrected chi connectivity index (χ3v) is 3.51. The van der Waals surface area contributed by atoms with Gasteiger partial charge in [0.2, 0.25) is 0 Å². The van der Waals surface area contributed by atoms with Gasteiger partial charge in [-0.3, -0.25) is 4.90 Å². The van der Waals surface area contributed by atoms with E-state index < -0.39 is 6.17 Å². The Morgan fingerprint density at radius 3 is 3.09 bits per heavy atom. The van der Waals surface area contributed by atoms with Crippen molar-refractivity contribution < 1.29 is 4.39 Å². The van der Waals surface area contributed by atoms with Crippen molar-refractivity contribution >= 4 is 11.6 Å². The summed E-state index contributed by atoms with van der Waals surface area (Å²) in [6.07, 6.45) is 2.32. The molecule has 2 heterocycles. The molecule has 64 valence electrons. The fraction of sp³-hybridized carbons (Fsp3) is 1.00. The van der Waals surface area contributed by atoms with Crippen molar-refractivity contribution in [3.8, 4) is 0 Å². The van der Waals surface area contributed by atoms with E-state index in [0.717, 1.165) is 13.0 Å². The van der Waals surface area contributed by atoms with Crippen LogP contribution < -0.4 is 0 Å². The van der Waals surface area contributed by atoms with Crippen molar-refractivity contribution in [2.75, 3.05) is 19.0 Å². The van der Waals surface area contributed by atoms with Gasteiger partial charge in [0.05, 0.1) is 0 Å². The smallest absolute Gasteiger partial charge is 0.115 e. The van der Waals surface area contributed by atoms with Crippen molar-refractivity contribution in [1.29, 1.82) is 0 Å². The van der Waals surface area contributed by atoms with Crippen LogP contribution in [0, 0.1) is 0 Å². The van der Waals surface area contributed by atoms with Gasteiger partial charge in [0.1, 0.15) is 6.17 Å². The lowest BCUT2D eigenvalue weighted by atomic mass is 9.96. The molecule has 0 spiro atoms. The molecule has 2 fully saturated rings. The number of hydrogen-bond acceptors (Lipinski definition) is 1. The minimum absolute atomic E-state index is 0.0426. The van der Waals surface area contributed by atoms with Crippen molar-refractivity contribution in [2.24, 2.45) is 0 Å². The minimum atomic E-state index is -0.631. The van der Waals surface area contributed by atoms with Crippen LogP contribution in [0.3, 0.4) is 0 Å². The third-order valence-electron chi connectivity index (χ3n) is 3.01. The van der Waals surface area contributed by atoms with Crippen LogP contribution in [-0.4, -0.2) is 35.6 Å². The lowest BCUT2D eigenvalue weighted by Gasteiger charge is -2.28. The highest BCUT2D eigenvalue weighted by atomic mass is 35.5. The Bertz CT molecular complexity index is 164. The highest BCUT2D eigenvalue weighted by Crippen LogP contribution is 2.40. The Hall–Kier alpha value is 0.180. The normalized spacial score (nSPS) is 44.7. The van der Waals surface area contributed by atoms with E-state index in [0.29, 0.717) is 18.8 Å². The van der Waals surface area contributed by atoms with E-state index >= 15 is 0 Å². The molecule has 2 rings (SSSR count). The zero-order valence-corrected chi connectivity index (χ0v) is 7.28. The lowest BCUT2D eigenvalue weighted by molar-refractivity contribution is 0.221. The molecule has 0 saturated carbocycles. The maximum Gasteiger partial charge on any atom is 0.115 e. The Morgan fingerprint density at radius 1 is 1.64 bits per heavy atom. The second-order valence-electron chi connectivity index (χ2n) is 3.71. The number of fused-ring (bicyclic) bond motifs is 1. The quantitative estimate of drug-likeness (QED) is 0.553. The first-order valence-electron chi connectivity index (χ1n) is 4.22. The van der Waals surface area contributed by atoms with Gasteiger partial charge in [-0.15, -0.1) is 11.6 Å². The van der Waals surface area contributed by atoms with E-state index in [9.17, 15) is 4.39 Å². The molecule has 1 nitrogen and oxygen atoms in total. The largest absolute Gasteiger partial charge is 0.293 e. The molecule has 0 radical (unpaired) electrons. The average molecular weight is 178 g/mol. The molecule has 0 aromatic heterocycles. The molecule has 2 saturated heterocycles. The molecule has 0 aliphatic carbocycles. The highest BCUT2D eigenvalue weighted by Gasteiger charge is 2.47. The van der Waals surface area contributed by atoms with E-state index in [4.69, 9.17) is 11.6 Å². The number of halogens is 2.